The van der Waals surface area contributed by atoms with E-state index in [1.807, 2.05) is 6.08 Å². The van der Waals surface area contributed by atoms with Gasteiger partial charge in [-0.3, -0.25) is 6.08 Å². The Morgan fingerprint density at radius 1 is 0.636 bits per heavy atom. The van der Waals surface area contributed by atoms with Gasteiger partial charge in [-0.15, -0.1) is 46.7 Å². The molecule has 0 aromatic heterocycles. The molecule has 1 aliphatic carbocycles. The minimum atomic E-state index is 0.194. The molecule has 6 rings (SSSR count). The van der Waals surface area contributed by atoms with Crippen LogP contribution in [0.2, 0.25) is 0 Å². The summed E-state index contributed by atoms with van der Waals surface area (Å²) >= 11 is 1.46. The van der Waals surface area contributed by atoms with Crippen LogP contribution in [0.25, 0.3) is 21.5 Å². The maximum atomic E-state index is 3.15. The van der Waals surface area contributed by atoms with E-state index in [2.05, 4.69) is 172 Å². The molecule has 0 saturated carbocycles. The second-order valence-corrected chi connectivity index (χ2v) is 15.6. The molecule has 1 aliphatic rings. The molecule has 1 atom stereocenters. The fourth-order valence-electron chi connectivity index (χ4n) is 5.29. The second-order valence-electron chi connectivity index (χ2n) is 14.4. The number of rotatable bonds is 2. The topological polar surface area (TPSA) is 0 Å². The zero-order valence-electron chi connectivity index (χ0n) is 28.4. The number of benzene rings is 4. The van der Waals surface area contributed by atoms with E-state index in [9.17, 15) is 0 Å². The molecular weight excluding hydrogens is 608 g/mol. The van der Waals surface area contributed by atoms with Crippen molar-refractivity contribution >= 4 is 24.8 Å². The number of allylic oxidation sites excluding steroid dienone is 4. The van der Waals surface area contributed by atoms with E-state index in [0.717, 1.165) is 0 Å². The van der Waals surface area contributed by atoms with Gasteiger partial charge in [0, 0.05) is 0 Å². The van der Waals surface area contributed by atoms with Gasteiger partial charge in [0.25, 0.3) is 0 Å². The fraction of sp³-hybridized carbons (Fsp3) is 0.302. The first-order valence-corrected chi connectivity index (χ1v) is 17.0. The van der Waals surface area contributed by atoms with Gasteiger partial charge >= 0.3 is 112 Å². The van der Waals surface area contributed by atoms with Gasteiger partial charge in [0.05, 0.1) is 0 Å². The van der Waals surface area contributed by atoms with Gasteiger partial charge in [0.15, 0.2) is 0 Å². The Bertz CT molecular complexity index is 1670. The molecule has 0 heterocycles. The molecule has 1 unspecified atom stereocenters. The van der Waals surface area contributed by atoms with Crippen molar-refractivity contribution in [1.29, 1.82) is 0 Å². The molecule has 0 amide bonds. The molecule has 0 bridgehead atoms. The number of hydrogen-bond donors (Lipinski definition) is 0. The molecule has 5 aromatic carbocycles. The Balaban J connectivity index is 0.000000169. The predicted octanol–water partition coefficient (Wildman–Crippen LogP) is 11.7. The van der Waals surface area contributed by atoms with E-state index in [4.69, 9.17) is 0 Å². The van der Waals surface area contributed by atoms with Crippen LogP contribution < -0.4 is 0 Å². The molecule has 0 aliphatic heterocycles. The van der Waals surface area contributed by atoms with Gasteiger partial charge in [-0.05, 0) is 10.8 Å². The van der Waals surface area contributed by atoms with E-state index in [-0.39, 0.29) is 10.8 Å². The van der Waals surface area contributed by atoms with E-state index >= 15 is 0 Å². The fourth-order valence-corrected chi connectivity index (χ4v) is 6.11. The summed E-state index contributed by atoms with van der Waals surface area (Å²) in [5.41, 5.74) is 9.85. The van der Waals surface area contributed by atoms with Crippen LogP contribution in [0.5, 0.6) is 0 Å². The zero-order valence-corrected chi connectivity index (χ0v) is 30.9. The number of hydrogen-bond acceptors (Lipinski definition) is 0. The molecule has 0 spiro atoms. The number of fused-ring (bicyclic) bond motifs is 3. The van der Waals surface area contributed by atoms with Crippen molar-refractivity contribution in [2.75, 3.05) is 0 Å². The molecule has 224 valence electrons. The van der Waals surface area contributed by atoms with Gasteiger partial charge < -0.3 is 0 Å². The number of aryl methyl sites for hydroxylation is 2. The normalized spacial score (nSPS) is 14.5. The van der Waals surface area contributed by atoms with Gasteiger partial charge in [0.2, 0.25) is 0 Å². The van der Waals surface area contributed by atoms with Gasteiger partial charge in [-0.25, -0.2) is 11.6 Å². The van der Waals surface area contributed by atoms with E-state index < -0.39 is 0 Å². The summed E-state index contributed by atoms with van der Waals surface area (Å²) in [5, 5.41) is 5.49. The first kappa shape index (κ1) is 33.9. The maximum absolute atomic E-state index is 3.15. The van der Waals surface area contributed by atoms with E-state index in [0.29, 0.717) is 5.92 Å². The Morgan fingerprint density at radius 3 is 1.34 bits per heavy atom. The van der Waals surface area contributed by atoms with Crippen LogP contribution in [-0.4, -0.2) is 3.21 Å². The monoisotopic (exact) mass is 654 g/mol. The quantitative estimate of drug-likeness (QED) is 0.166. The van der Waals surface area contributed by atoms with Crippen LogP contribution in [0, 0.1) is 25.8 Å². The van der Waals surface area contributed by atoms with Gasteiger partial charge in [0.1, 0.15) is 0 Å². The zero-order chi connectivity index (χ0) is 32.2. The Kier molecular flexibility index (Phi) is 10.7. The van der Waals surface area contributed by atoms with E-state index in [1.165, 1.54) is 87.9 Å². The third-order valence-electron chi connectivity index (χ3n) is 8.21. The molecule has 0 N–H and O–H groups in total. The second kappa shape index (κ2) is 14.0. The first-order valence-electron chi connectivity index (χ1n) is 15.8. The Labute approximate surface area is 281 Å². The Hall–Kier alpha value is -3.02. The average Bonchev–Trinajstić information content (AvgIpc) is 3.53. The van der Waals surface area contributed by atoms with Crippen molar-refractivity contribution in [3.63, 3.8) is 0 Å². The molecular formula is C43H48Zr. The van der Waals surface area contributed by atoms with Crippen molar-refractivity contribution in [1.82, 2.24) is 0 Å². The van der Waals surface area contributed by atoms with Crippen molar-refractivity contribution in [2.24, 2.45) is 5.92 Å². The van der Waals surface area contributed by atoms with Crippen molar-refractivity contribution in [3.8, 4) is 0 Å². The average molecular weight is 656 g/mol. The summed E-state index contributed by atoms with van der Waals surface area (Å²) in [5.74, 6) is 0.556. The molecule has 0 radical (unpaired) electrons. The van der Waals surface area contributed by atoms with Crippen LogP contribution in [-0.2, 0) is 35.1 Å². The summed E-state index contributed by atoms with van der Waals surface area (Å²) in [6.45, 7) is 22.1. The van der Waals surface area contributed by atoms with Crippen molar-refractivity contribution in [2.45, 2.75) is 80.1 Å². The summed E-state index contributed by atoms with van der Waals surface area (Å²) in [6.07, 6.45) is 7.38. The molecule has 0 saturated heterocycles. The standard InChI is InChI=1S/C21H25.C15H14.C7H9.Zr/c1-20(2,3)16-9-7-14-11-15-8-10-17(21(4,5)6)13-19(15)18(14)12-16;1-12-3-7-14(8-4-12)11-15-9-5-13(2)6-10-15;1-6-3-4-7(2)5-6;/h7-13H,1-6H3;3-10H,1-2H3;3,5,7H,1-2H3;/q-1;;-1;+2. The Morgan fingerprint density at radius 2 is 1.05 bits per heavy atom. The van der Waals surface area contributed by atoms with Crippen molar-refractivity contribution in [3.05, 3.63) is 148 Å². The summed E-state index contributed by atoms with van der Waals surface area (Å²) in [4.78, 5) is 0. The van der Waals surface area contributed by atoms with Crippen LogP contribution in [0.15, 0.2) is 109 Å². The van der Waals surface area contributed by atoms with Crippen molar-refractivity contribution < 1.29 is 24.2 Å². The summed E-state index contributed by atoms with van der Waals surface area (Å²) < 4.78 is 1.42. The first-order chi connectivity index (χ1) is 20.6. The minimum absolute atomic E-state index is 0.194. The molecule has 5 aromatic rings. The van der Waals surface area contributed by atoms with Gasteiger partial charge in [-0.1, -0.05) is 89.8 Å². The van der Waals surface area contributed by atoms with Crippen LogP contribution in [0.4, 0.5) is 0 Å². The van der Waals surface area contributed by atoms with E-state index in [1.54, 1.807) is 0 Å². The summed E-state index contributed by atoms with van der Waals surface area (Å²) in [6, 6.07) is 33.7. The van der Waals surface area contributed by atoms with Gasteiger partial charge in [-0.2, -0.15) is 6.08 Å². The van der Waals surface area contributed by atoms with Crippen LogP contribution in [0.1, 0.15) is 88.8 Å². The SMILES string of the molecule is CC(C)(C)c1ccc2[cH-]c3ccc(C(C)(C)C)cc3c2c1.CC1=CC(C)[C-]=C1.Cc1ccc([C](=[Zr+2])c2ccc(C)cc2)cc1. The molecule has 0 fully saturated rings. The molecule has 1 heteroatoms. The predicted molar refractivity (Wildman–Crippen MR) is 191 cm³/mol. The summed E-state index contributed by atoms with van der Waals surface area (Å²) in [7, 11) is 0. The molecule has 0 nitrogen and oxygen atoms in total. The third kappa shape index (κ3) is 8.79. The van der Waals surface area contributed by atoms with Crippen LogP contribution in [0.3, 0.4) is 0 Å². The third-order valence-corrected chi connectivity index (χ3v) is 9.63. The molecule has 44 heavy (non-hydrogen) atoms. The van der Waals surface area contributed by atoms with Crippen LogP contribution >= 0.6 is 0 Å².